The van der Waals surface area contributed by atoms with Gasteiger partial charge in [0.15, 0.2) is 0 Å². The van der Waals surface area contributed by atoms with Gasteiger partial charge >= 0.3 is 5.69 Å². The third-order valence-corrected chi connectivity index (χ3v) is 3.93. The maximum Gasteiger partial charge on any atom is 0.348 e. The SMILES string of the molecule is CCNC(=O)C=CCc1cccc(CNc2nc(=O)[nH]c3ncccc23)c1. The summed E-state index contributed by atoms with van der Waals surface area (Å²) >= 11 is 0. The molecule has 3 rings (SSSR count). The Labute approximate surface area is 156 Å². The topological polar surface area (TPSA) is 99.8 Å². The number of likely N-dealkylation sites (N-methyl/N-ethyl adjacent to an activating group) is 1. The molecule has 0 spiro atoms. The van der Waals surface area contributed by atoms with Gasteiger partial charge < -0.3 is 10.6 Å². The van der Waals surface area contributed by atoms with Crippen LogP contribution in [-0.2, 0) is 17.8 Å². The molecule has 1 aromatic carbocycles. The van der Waals surface area contributed by atoms with Gasteiger partial charge in [0.25, 0.3) is 0 Å². The minimum absolute atomic E-state index is 0.0869. The van der Waals surface area contributed by atoms with Gasteiger partial charge in [-0.1, -0.05) is 30.3 Å². The number of carbonyl (C=O) groups is 1. The van der Waals surface area contributed by atoms with E-state index in [2.05, 4.69) is 31.7 Å². The molecule has 1 amide bonds. The highest BCUT2D eigenvalue weighted by molar-refractivity contribution is 5.87. The van der Waals surface area contributed by atoms with Gasteiger partial charge in [-0.2, -0.15) is 4.98 Å². The second kappa shape index (κ2) is 8.75. The number of aromatic amines is 1. The lowest BCUT2D eigenvalue weighted by Crippen LogP contribution is -2.19. The second-order valence-corrected chi connectivity index (χ2v) is 5.96. The molecule has 0 saturated heterocycles. The van der Waals surface area contributed by atoms with E-state index in [0.29, 0.717) is 31.0 Å². The van der Waals surface area contributed by atoms with E-state index >= 15 is 0 Å². The number of allylic oxidation sites excluding steroid dienone is 1. The van der Waals surface area contributed by atoms with Crippen LogP contribution in [0.4, 0.5) is 5.82 Å². The van der Waals surface area contributed by atoms with Gasteiger partial charge in [0.2, 0.25) is 5.91 Å². The number of benzene rings is 1. The van der Waals surface area contributed by atoms with Gasteiger partial charge in [-0.3, -0.25) is 9.78 Å². The first kappa shape index (κ1) is 18.3. The molecule has 7 nitrogen and oxygen atoms in total. The summed E-state index contributed by atoms with van der Waals surface area (Å²) in [5, 5.41) is 6.70. The fraction of sp³-hybridized carbons (Fsp3) is 0.200. The van der Waals surface area contributed by atoms with Crippen molar-refractivity contribution in [2.24, 2.45) is 0 Å². The van der Waals surface area contributed by atoms with Crippen molar-refractivity contribution in [2.45, 2.75) is 19.9 Å². The molecule has 0 fully saturated rings. The van der Waals surface area contributed by atoms with Crippen LogP contribution in [-0.4, -0.2) is 27.4 Å². The zero-order valence-corrected chi connectivity index (χ0v) is 15.0. The zero-order valence-electron chi connectivity index (χ0n) is 15.0. The van der Waals surface area contributed by atoms with Crippen molar-refractivity contribution in [1.82, 2.24) is 20.3 Å². The van der Waals surface area contributed by atoms with Crippen molar-refractivity contribution in [3.05, 3.63) is 76.4 Å². The van der Waals surface area contributed by atoms with Crippen LogP contribution in [0, 0.1) is 0 Å². The van der Waals surface area contributed by atoms with E-state index in [9.17, 15) is 9.59 Å². The predicted molar refractivity (Wildman–Crippen MR) is 105 cm³/mol. The number of carbonyl (C=O) groups excluding carboxylic acids is 1. The fourth-order valence-electron chi connectivity index (χ4n) is 2.71. The maximum atomic E-state index is 11.7. The summed E-state index contributed by atoms with van der Waals surface area (Å²) in [5.41, 5.74) is 2.22. The van der Waals surface area contributed by atoms with Crippen LogP contribution >= 0.6 is 0 Å². The van der Waals surface area contributed by atoms with E-state index in [0.717, 1.165) is 16.5 Å². The molecule has 27 heavy (non-hydrogen) atoms. The van der Waals surface area contributed by atoms with Crippen LogP contribution in [0.1, 0.15) is 18.1 Å². The third kappa shape index (κ3) is 5.01. The van der Waals surface area contributed by atoms with Crippen LogP contribution in [0.5, 0.6) is 0 Å². The van der Waals surface area contributed by atoms with E-state index in [1.165, 1.54) is 0 Å². The molecule has 0 atom stereocenters. The lowest BCUT2D eigenvalue weighted by Gasteiger charge is -2.09. The standard InChI is InChI=1S/C20H21N5O2/c1-2-21-17(26)10-4-7-14-6-3-8-15(12-14)13-23-19-16-9-5-11-22-18(16)24-20(27)25-19/h3-6,8-12H,2,7,13H2,1H3,(H,21,26)(H2,22,23,24,25,27). The first-order valence-corrected chi connectivity index (χ1v) is 8.77. The summed E-state index contributed by atoms with van der Waals surface area (Å²) in [6, 6.07) is 11.7. The molecule has 2 heterocycles. The highest BCUT2D eigenvalue weighted by Gasteiger charge is 2.05. The Morgan fingerprint density at radius 3 is 2.93 bits per heavy atom. The van der Waals surface area contributed by atoms with Gasteiger partial charge in [-0.25, -0.2) is 9.78 Å². The normalized spacial score (nSPS) is 11.0. The summed E-state index contributed by atoms with van der Waals surface area (Å²) in [6.45, 7) is 3.02. The number of hydrogen-bond acceptors (Lipinski definition) is 5. The molecule has 0 radical (unpaired) electrons. The molecule has 138 valence electrons. The van der Waals surface area contributed by atoms with Gasteiger partial charge in [-0.05, 0) is 42.7 Å². The monoisotopic (exact) mass is 363 g/mol. The molecular formula is C20H21N5O2. The number of H-pyrrole nitrogens is 1. The number of rotatable bonds is 7. The largest absolute Gasteiger partial charge is 0.365 e. The molecule has 0 unspecified atom stereocenters. The smallest absolute Gasteiger partial charge is 0.348 e. The van der Waals surface area contributed by atoms with Crippen LogP contribution in [0.3, 0.4) is 0 Å². The van der Waals surface area contributed by atoms with E-state index in [1.807, 2.05) is 37.3 Å². The van der Waals surface area contributed by atoms with E-state index in [1.54, 1.807) is 18.3 Å². The molecule has 0 bridgehead atoms. The van der Waals surface area contributed by atoms with E-state index < -0.39 is 5.69 Å². The first-order chi connectivity index (χ1) is 13.2. The van der Waals surface area contributed by atoms with Crippen LogP contribution in [0.15, 0.2) is 59.5 Å². The minimum atomic E-state index is -0.437. The summed E-state index contributed by atoms with van der Waals surface area (Å²) in [4.78, 5) is 33.9. The van der Waals surface area contributed by atoms with Crippen molar-refractivity contribution in [3.63, 3.8) is 0 Å². The Morgan fingerprint density at radius 2 is 2.07 bits per heavy atom. The number of pyridine rings is 1. The van der Waals surface area contributed by atoms with Crippen LogP contribution in [0.25, 0.3) is 11.0 Å². The van der Waals surface area contributed by atoms with Crippen molar-refractivity contribution in [1.29, 1.82) is 0 Å². The Morgan fingerprint density at radius 1 is 1.22 bits per heavy atom. The number of nitrogens with zero attached hydrogens (tertiary/aromatic N) is 2. The quantitative estimate of drug-likeness (QED) is 0.559. The Balaban J connectivity index is 1.69. The molecule has 0 aliphatic carbocycles. The van der Waals surface area contributed by atoms with Crippen molar-refractivity contribution >= 4 is 22.8 Å². The highest BCUT2D eigenvalue weighted by Crippen LogP contribution is 2.16. The number of nitrogens with one attached hydrogen (secondary N) is 3. The molecule has 7 heteroatoms. The van der Waals surface area contributed by atoms with Crippen LogP contribution < -0.4 is 16.3 Å². The van der Waals surface area contributed by atoms with Crippen molar-refractivity contribution < 1.29 is 4.79 Å². The summed E-state index contributed by atoms with van der Waals surface area (Å²) in [5.74, 6) is 0.416. The average molecular weight is 363 g/mol. The molecule has 0 aliphatic rings. The van der Waals surface area contributed by atoms with Crippen molar-refractivity contribution in [3.8, 4) is 0 Å². The van der Waals surface area contributed by atoms with Gasteiger partial charge in [0.1, 0.15) is 11.5 Å². The van der Waals surface area contributed by atoms with Gasteiger partial charge in [0, 0.05) is 19.3 Å². The third-order valence-electron chi connectivity index (χ3n) is 3.93. The lowest BCUT2D eigenvalue weighted by atomic mass is 10.1. The molecular weight excluding hydrogens is 342 g/mol. The average Bonchev–Trinajstić information content (AvgIpc) is 2.66. The molecule has 0 saturated carbocycles. The van der Waals surface area contributed by atoms with E-state index in [-0.39, 0.29) is 5.91 Å². The Kier molecular flexibility index (Phi) is 5.94. The summed E-state index contributed by atoms with van der Waals surface area (Å²) < 4.78 is 0. The predicted octanol–water partition coefficient (Wildman–Crippen LogP) is 2.17. The minimum Gasteiger partial charge on any atom is -0.365 e. The number of amides is 1. The van der Waals surface area contributed by atoms with Gasteiger partial charge in [0.05, 0.1) is 5.39 Å². The van der Waals surface area contributed by atoms with Crippen molar-refractivity contribution in [2.75, 3.05) is 11.9 Å². The number of aromatic nitrogens is 3. The molecule has 2 aromatic heterocycles. The number of anilines is 1. The second-order valence-electron chi connectivity index (χ2n) is 5.96. The van der Waals surface area contributed by atoms with Gasteiger partial charge in [-0.15, -0.1) is 0 Å². The Bertz CT molecular complexity index is 1030. The molecule has 0 aliphatic heterocycles. The zero-order chi connectivity index (χ0) is 19.1. The van der Waals surface area contributed by atoms with E-state index in [4.69, 9.17) is 0 Å². The lowest BCUT2D eigenvalue weighted by molar-refractivity contribution is -0.116. The molecule has 3 aromatic rings. The highest BCUT2D eigenvalue weighted by atomic mass is 16.1. The fourth-order valence-corrected chi connectivity index (χ4v) is 2.71. The van der Waals surface area contributed by atoms with Crippen LogP contribution in [0.2, 0.25) is 0 Å². The number of hydrogen-bond donors (Lipinski definition) is 3. The summed E-state index contributed by atoms with van der Waals surface area (Å²) in [7, 11) is 0. The number of fused-ring (bicyclic) bond motifs is 1. The maximum absolute atomic E-state index is 11.7. The molecule has 3 N–H and O–H groups in total. The summed E-state index contributed by atoms with van der Waals surface area (Å²) in [6.07, 6.45) is 5.68. The Hall–Kier alpha value is -3.48. The first-order valence-electron chi connectivity index (χ1n) is 8.77.